The van der Waals surface area contributed by atoms with Gasteiger partial charge in [-0.25, -0.2) is 0 Å². The standard InChI is InChI=1S/C39H60N8O6/c1-27(2)24-32(46-36(50)33(26-29-14-8-4-9-15-29)45-34(48)30(42)25-28-12-6-3-7-13-28)35(49)44-31(16-10-5-11-19-40)37(51)47-22-17-39(18-23-47,38(52)53)43-21-20-41/h3-4,6-9,12-15,27,30-33,43H,5,10-11,16-26,40-42H2,1-2H3,(H,44,49)(H,45,48)(H,46,50)(H,52,53)/t30-,31-,32-,33-/m1/s1. The van der Waals surface area contributed by atoms with Gasteiger partial charge in [-0.1, -0.05) is 87.4 Å². The molecule has 0 aromatic heterocycles. The van der Waals surface area contributed by atoms with Crippen molar-refractivity contribution in [2.45, 2.75) is 101 Å². The molecule has 1 aliphatic heterocycles. The summed E-state index contributed by atoms with van der Waals surface area (Å²) in [6.45, 7) is 5.35. The number of likely N-dealkylation sites (tertiary alicyclic amines) is 1. The van der Waals surface area contributed by atoms with Crippen molar-refractivity contribution >= 4 is 29.6 Å². The number of carboxylic acid groups (broad SMARTS) is 1. The summed E-state index contributed by atoms with van der Waals surface area (Å²) in [4.78, 5) is 69.0. The second-order valence-electron chi connectivity index (χ2n) is 14.4. The number of nitrogens with one attached hydrogen (secondary N) is 4. The number of aliphatic carboxylic acids is 1. The summed E-state index contributed by atoms with van der Waals surface area (Å²) in [5.41, 5.74) is 18.1. The molecular weight excluding hydrogens is 676 g/mol. The first kappa shape index (κ1) is 43.0. The highest BCUT2D eigenvalue weighted by Gasteiger charge is 2.43. The maximum Gasteiger partial charge on any atom is 0.324 e. The molecule has 0 unspecified atom stereocenters. The van der Waals surface area contributed by atoms with Crippen molar-refractivity contribution in [3.63, 3.8) is 0 Å². The molecule has 0 aliphatic carbocycles. The van der Waals surface area contributed by atoms with Gasteiger partial charge in [-0.15, -0.1) is 0 Å². The Balaban J connectivity index is 1.78. The predicted molar refractivity (Wildman–Crippen MR) is 204 cm³/mol. The zero-order valence-corrected chi connectivity index (χ0v) is 31.2. The zero-order chi connectivity index (χ0) is 38.8. The first-order valence-electron chi connectivity index (χ1n) is 18.8. The summed E-state index contributed by atoms with van der Waals surface area (Å²) in [7, 11) is 0. The topological polar surface area (TPSA) is 235 Å². The third-order valence-electron chi connectivity index (χ3n) is 9.65. The van der Waals surface area contributed by atoms with Gasteiger partial charge in [-0.3, -0.25) is 24.0 Å². The SMILES string of the molecule is CC(C)C[C@@H](NC(=O)[C@@H](Cc1ccccc1)NC(=O)[C@H](N)Cc1ccccc1)C(=O)N[C@H](CCCCCN)C(=O)N1CCC(NCCN)(C(=O)O)CC1. The molecule has 1 aliphatic rings. The molecule has 1 saturated heterocycles. The molecule has 0 radical (unpaired) electrons. The van der Waals surface area contributed by atoms with Crippen LogP contribution in [0.1, 0.15) is 69.9 Å². The minimum atomic E-state index is -1.18. The van der Waals surface area contributed by atoms with Crippen LogP contribution >= 0.6 is 0 Å². The molecule has 0 saturated carbocycles. The molecule has 4 atom stereocenters. The fourth-order valence-corrected chi connectivity index (χ4v) is 6.58. The average Bonchev–Trinajstić information content (AvgIpc) is 3.15. The minimum absolute atomic E-state index is 0.00142. The second kappa shape index (κ2) is 22.0. The summed E-state index contributed by atoms with van der Waals surface area (Å²) in [5, 5.41) is 21.6. The van der Waals surface area contributed by atoms with E-state index >= 15 is 0 Å². The Morgan fingerprint density at radius 3 is 1.83 bits per heavy atom. The van der Waals surface area contributed by atoms with Crippen molar-refractivity contribution in [3.8, 4) is 0 Å². The van der Waals surface area contributed by atoms with Gasteiger partial charge in [0, 0.05) is 32.6 Å². The number of piperidine rings is 1. The molecule has 1 fully saturated rings. The van der Waals surface area contributed by atoms with Crippen LogP contribution in [0, 0.1) is 5.92 Å². The largest absolute Gasteiger partial charge is 0.480 e. The van der Waals surface area contributed by atoms with E-state index in [1.807, 2.05) is 74.5 Å². The van der Waals surface area contributed by atoms with Gasteiger partial charge in [0.2, 0.25) is 23.6 Å². The maximum absolute atomic E-state index is 14.0. The van der Waals surface area contributed by atoms with Gasteiger partial charge in [0.25, 0.3) is 0 Å². The van der Waals surface area contributed by atoms with Gasteiger partial charge in [0.15, 0.2) is 0 Å². The molecule has 0 spiro atoms. The fraction of sp³-hybridized carbons (Fsp3) is 0.564. The van der Waals surface area contributed by atoms with Gasteiger partial charge in [-0.05, 0) is 62.1 Å². The number of unbranched alkanes of at least 4 members (excludes halogenated alkanes) is 2. The molecule has 3 rings (SSSR count). The lowest BCUT2D eigenvalue weighted by Crippen LogP contribution is -2.62. The number of nitrogens with zero attached hydrogens (tertiary/aromatic N) is 1. The van der Waals surface area contributed by atoms with Crippen LogP contribution in [0.2, 0.25) is 0 Å². The van der Waals surface area contributed by atoms with Crippen molar-refractivity contribution in [2.75, 3.05) is 32.7 Å². The maximum atomic E-state index is 14.0. The van der Waals surface area contributed by atoms with E-state index in [0.29, 0.717) is 25.9 Å². The number of benzene rings is 2. The summed E-state index contributed by atoms with van der Waals surface area (Å²) in [5.74, 6) is -2.86. The van der Waals surface area contributed by atoms with E-state index in [9.17, 15) is 29.1 Å². The Morgan fingerprint density at radius 2 is 1.28 bits per heavy atom. The van der Waals surface area contributed by atoms with E-state index in [2.05, 4.69) is 21.3 Å². The molecule has 2 aromatic rings. The molecule has 4 amide bonds. The average molecular weight is 737 g/mol. The normalized spacial score (nSPS) is 16.2. The smallest absolute Gasteiger partial charge is 0.324 e. The number of amides is 4. The number of rotatable bonds is 22. The first-order chi connectivity index (χ1) is 25.4. The van der Waals surface area contributed by atoms with Crippen molar-refractivity contribution in [1.29, 1.82) is 0 Å². The van der Waals surface area contributed by atoms with Gasteiger partial charge in [-0.2, -0.15) is 0 Å². The first-order valence-corrected chi connectivity index (χ1v) is 18.8. The number of hydrogen-bond acceptors (Lipinski definition) is 9. The summed E-state index contributed by atoms with van der Waals surface area (Å²) >= 11 is 0. The quantitative estimate of drug-likeness (QED) is 0.0793. The monoisotopic (exact) mass is 736 g/mol. The van der Waals surface area contributed by atoms with Crippen molar-refractivity contribution in [1.82, 2.24) is 26.2 Å². The van der Waals surface area contributed by atoms with E-state index in [-0.39, 0.29) is 63.6 Å². The van der Waals surface area contributed by atoms with E-state index in [4.69, 9.17) is 17.2 Å². The van der Waals surface area contributed by atoms with Crippen LogP contribution in [-0.2, 0) is 36.8 Å². The van der Waals surface area contributed by atoms with E-state index in [0.717, 1.165) is 24.0 Å². The highest BCUT2D eigenvalue weighted by Crippen LogP contribution is 2.24. The van der Waals surface area contributed by atoms with Gasteiger partial charge in [0.05, 0.1) is 6.04 Å². The van der Waals surface area contributed by atoms with E-state index in [1.165, 1.54) is 0 Å². The van der Waals surface area contributed by atoms with Gasteiger partial charge >= 0.3 is 5.97 Å². The number of carboxylic acids is 1. The predicted octanol–water partition coefficient (Wildman–Crippen LogP) is 0.813. The van der Waals surface area contributed by atoms with Gasteiger partial charge < -0.3 is 48.5 Å². The van der Waals surface area contributed by atoms with Crippen LogP contribution in [0.25, 0.3) is 0 Å². The highest BCUT2D eigenvalue weighted by atomic mass is 16.4. The number of carbonyl (C=O) groups is 5. The van der Waals surface area contributed by atoms with Crippen LogP contribution in [-0.4, -0.2) is 102 Å². The van der Waals surface area contributed by atoms with Gasteiger partial charge in [0.1, 0.15) is 23.7 Å². The molecule has 53 heavy (non-hydrogen) atoms. The number of hydrogen-bond donors (Lipinski definition) is 8. The van der Waals surface area contributed by atoms with Crippen molar-refractivity contribution in [2.24, 2.45) is 23.1 Å². The Bertz CT molecular complexity index is 1450. The van der Waals surface area contributed by atoms with Crippen molar-refractivity contribution in [3.05, 3.63) is 71.8 Å². The second-order valence-corrected chi connectivity index (χ2v) is 14.4. The lowest BCUT2D eigenvalue weighted by atomic mass is 9.87. The molecule has 0 bridgehead atoms. The Labute approximate surface area is 313 Å². The van der Waals surface area contributed by atoms with E-state index < -0.39 is 53.4 Å². The minimum Gasteiger partial charge on any atom is -0.480 e. The molecular formula is C39H60N8O6. The Kier molecular flexibility index (Phi) is 17.9. The lowest BCUT2D eigenvalue weighted by molar-refractivity contribution is -0.150. The van der Waals surface area contributed by atoms with Crippen LogP contribution in [0.15, 0.2) is 60.7 Å². The van der Waals surface area contributed by atoms with Crippen LogP contribution in [0.4, 0.5) is 0 Å². The van der Waals surface area contributed by atoms with Crippen LogP contribution in [0.3, 0.4) is 0 Å². The number of carbonyl (C=O) groups excluding carboxylic acids is 4. The zero-order valence-electron chi connectivity index (χ0n) is 31.2. The summed E-state index contributed by atoms with van der Waals surface area (Å²) in [6, 6.07) is 14.8. The number of nitrogens with two attached hydrogens (primary N) is 3. The molecule has 14 nitrogen and oxygen atoms in total. The fourth-order valence-electron chi connectivity index (χ4n) is 6.58. The molecule has 11 N–H and O–H groups in total. The Hall–Kier alpha value is -4.37. The molecule has 292 valence electrons. The van der Waals surface area contributed by atoms with Crippen LogP contribution in [0.5, 0.6) is 0 Å². The van der Waals surface area contributed by atoms with Crippen molar-refractivity contribution < 1.29 is 29.1 Å². The summed E-state index contributed by atoms with van der Waals surface area (Å²) < 4.78 is 0. The molecule has 2 aromatic carbocycles. The third kappa shape index (κ3) is 13.8. The van der Waals surface area contributed by atoms with E-state index in [1.54, 1.807) is 4.90 Å². The highest BCUT2D eigenvalue weighted by molar-refractivity contribution is 5.95. The van der Waals surface area contributed by atoms with Crippen LogP contribution < -0.4 is 38.5 Å². The third-order valence-corrected chi connectivity index (χ3v) is 9.65. The summed E-state index contributed by atoms with van der Waals surface area (Å²) in [6.07, 6.45) is 3.63. The lowest BCUT2D eigenvalue weighted by Gasteiger charge is -2.40. The molecule has 1 heterocycles. The molecule has 14 heteroatoms. The Morgan fingerprint density at radius 1 is 0.736 bits per heavy atom.